The monoisotopic (exact) mass is 315 g/mol. The first-order chi connectivity index (χ1) is 10.7. The number of nitrogens with one attached hydrogen (secondary N) is 3. The third kappa shape index (κ3) is 3.61. The Morgan fingerprint density at radius 3 is 2.95 bits per heavy atom. The lowest BCUT2D eigenvalue weighted by Crippen LogP contribution is -2.46. The second-order valence-electron chi connectivity index (χ2n) is 6.38. The lowest BCUT2D eigenvalue weighted by atomic mass is 9.86. The molecule has 3 N–H and O–H groups in total. The van der Waals surface area contributed by atoms with Gasteiger partial charge in [0.05, 0.1) is 0 Å². The van der Waals surface area contributed by atoms with Gasteiger partial charge in [0.2, 0.25) is 0 Å². The van der Waals surface area contributed by atoms with Gasteiger partial charge in [-0.25, -0.2) is 0 Å². The van der Waals surface area contributed by atoms with E-state index < -0.39 is 0 Å². The molecule has 0 saturated heterocycles. The van der Waals surface area contributed by atoms with Crippen molar-refractivity contribution in [2.24, 2.45) is 5.92 Å². The predicted molar refractivity (Wildman–Crippen MR) is 97.2 cm³/mol. The van der Waals surface area contributed by atoms with Crippen LogP contribution in [-0.4, -0.2) is 22.7 Å². The summed E-state index contributed by atoms with van der Waals surface area (Å²) in [6.07, 6.45) is 8.32. The second-order valence-corrected chi connectivity index (χ2v) is 6.79. The predicted octanol–water partition coefficient (Wildman–Crippen LogP) is 3.75. The van der Waals surface area contributed by atoms with Crippen LogP contribution >= 0.6 is 12.2 Å². The van der Waals surface area contributed by atoms with Crippen molar-refractivity contribution in [2.75, 3.05) is 6.54 Å². The SMILES string of the molecule is C[C@H]1CCCC[C@@H]1NC(=S)NCCc1c[nH]c2ccccc12. The van der Waals surface area contributed by atoms with Gasteiger partial charge in [0.25, 0.3) is 0 Å². The van der Waals surface area contributed by atoms with Crippen LogP contribution in [0.4, 0.5) is 0 Å². The van der Waals surface area contributed by atoms with E-state index in [0.717, 1.165) is 24.0 Å². The van der Waals surface area contributed by atoms with Gasteiger partial charge in [-0.1, -0.05) is 38.0 Å². The number of hydrogen-bond donors (Lipinski definition) is 3. The fourth-order valence-electron chi connectivity index (χ4n) is 3.40. The van der Waals surface area contributed by atoms with Crippen LogP contribution in [0.5, 0.6) is 0 Å². The molecule has 0 bridgehead atoms. The summed E-state index contributed by atoms with van der Waals surface area (Å²) in [5.41, 5.74) is 2.55. The molecule has 22 heavy (non-hydrogen) atoms. The number of fused-ring (bicyclic) bond motifs is 1. The highest BCUT2D eigenvalue weighted by atomic mass is 32.1. The Bertz CT molecular complexity index is 634. The van der Waals surface area contributed by atoms with Gasteiger partial charge < -0.3 is 15.6 Å². The molecule has 1 aliphatic rings. The third-order valence-electron chi connectivity index (χ3n) is 4.78. The number of para-hydroxylation sites is 1. The van der Waals surface area contributed by atoms with E-state index in [4.69, 9.17) is 12.2 Å². The molecule has 2 atom stereocenters. The first-order valence-corrected chi connectivity index (χ1v) is 8.74. The summed E-state index contributed by atoms with van der Waals surface area (Å²) in [6.45, 7) is 3.19. The Kier molecular flexibility index (Phi) is 4.98. The van der Waals surface area contributed by atoms with E-state index in [-0.39, 0.29) is 0 Å². The van der Waals surface area contributed by atoms with E-state index in [2.05, 4.69) is 53.0 Å². The molecule has 0 unspecified atom stereocenters. The average molecular weight is 315 g/mol. The van der Waals surface area contributed by atoms with Crippen molar-refractivity contribution < 1.29 is 0 Å². The minimum absolute atomic E-state index is 0.543. The Morgan fingerprint density at radius 1 is 1.27 bits per heavy atom. The molecule has 3 rings (SSSR count). The molecule has 0 amide bonds. The van der Waals surface area contributed by atoms with Crippen LogP contribution < -0.4 is 10.6 Å². The van der Waals surface area contributed by atoms with Crippen molar-refractivity contribution in [3.8, 4) is 0 Å². The van der Waals surface area contributed by atoms with Crippen molar-refractivity contribution >= 4 is 28.2 Å². The molecule has 0 aliphatic heterocycles. The van der Waals surface area contributed by atoms with Gasteiger partial charge in [-0.15, -0.1) is 0 Å². The summed E-state index contributed by atoms with van der Waals surface area (Å²) in [6, 6.07) is 8.97. The highest BCUT2D eigenvalue weighted by molar-refractivity contribution is 7.80. The summed E-state index contributed by atoms with van der Waals surface area (Å²) in [7, 11) is 0. The Balaban J connectivity index is 1.47. The van der Waals surface area contributed by atoms with Crippen molar-refractivity contribution in [3.63, 3.8) is 0 Å². The zero-order valence-electron chi connectivity index (χ0n) is 13.2. The zero-order valence-corrected chi connectivity index (χ0v) is 14.0. The van der Waals surface area contributed by atoms with Crippen molar-refractivity contribution in [1.29, 1.82) is 0 Å². The van der Waals surface area contributed by atoms with Crippen LogP contribution in [0.2, 0.25) is 0 Å². The molecule has 1 aliphatic carbocycles. The van der Waals surface area contributed by atoms with Crippen molar-refractivity contribution in [2.45, 2.75) is 45.1 Å². The Labute approximate surface area is 137 Å². The normalized spacial score (nSPS) is 21.7. The fourth-order valence-corrected chi connectivity index (χ4v) is 3.65. The van der Waals surface area contributed by atoms with Crippen molar-refractivity contribution in [3.05, 3.63) is 36.0 Å². The quantitative estimate of drug-likeness (QED) is 0.753. The summed E-state index contributed by atoms with van der Waals surface area (Å²) in [4.78, 5) is 3.32. The molecule has 3 nitrogen and oxygen atoms in total. The molecule has 1 heterocycles. The lowest BCUT2D eigenvalue weighted by Gasteiger charge is -2.30. The highest BCUT2D eigenvalue weighted by Gasteiger charge is 2.21. The molecule has 0 radical (unpaired) electrons. The number of aromatic nitrogens is 1. The topological polar surface area (TPSA) is 39.8 Å². The van der Waals surface area contributed by atoms with Crippen LogP contribution in [0.25, 0.3) is 10.9 Å². The number of H-pyrrole nitrogens is 1. The van der Waals surface area contributed by atoms with E-state index in [1.807, 2.05) is 0 Å². The molecule has 4 heteroatoms. The van der Waals surface area contributed by atoms with Crippen LogP contribution in [0.1, 0.15) is 38.2 Å². The smallest absolute Gasteiger partial charge is 0.166 e. The standard InChI is InChI=1S/C18H25N3S/c1-13-6-2-4-8-16(13)21-18(22)19-11-10-14-12-20-17-9-5-3-7-15(14)17/h3,5,7,9,12-13,16,20H,2,4,6,8,10-11H2,1H3,(H2,19,21,22)/t13-,16-/m0/s1. The lowest BCUT2D eigenvalue weighted by molar-refractivity contribution is 0.308. The minimum atomic E-state index is 0.543. The summed E-state index contributed by atoms with van der Waals surface area (Å²) in [5.74, 6) is 0.724. The molecule has 1 aromatic carbocycles. The average Bonchev–Trinajstić information content (AvgIpc) is 2.93. The summed E-state index contributed by atoms with van der Waals surface area (Å²) in [5, 5.41) is 8.97. The summed E-state index contributed by atoms with van der Waals surface area (Å²) < 4.78 is 0. The van der Waals surface area contributed by atoms with E-state index >= 15 is 0 Å². The Morgan fingerprint density at radius 2 is 2.09 bits per heavy atom. The Hall–Kier alpha value is -1.55. The van der Waals surface area contributed by atoms with Gasteiger partial charge in [-0.05, 0) is 49.0 Å². The van der Waals surface area contributed by atoms with Crippen LogP contribution in [0, 0.1) is 5.92 Å². The number of aromatic amines is 1. The van der Waals surface area contributed by atoms with Gasteiger partial charge in [0.15, 0.2) is 5.11 Å². The molecule has 1 fully saturated rings. The maximum absolute atomic E-state index is 5.45. The number of thiocarbonyl (C=S) groups is 1. The number of hydrogen-bond acceptors (Lipinski definition) is 1. The molecular formula is C18H25N3S. The van der Waals surface area contributed by atoms with Gasteiger partial charge in [-0.3, -0.25) is 0 Å². The van der Waals surface area contributed by atoms with Gasteiger partial charge in [0, 0.05) is 29.7 Å². The van der Waals surface area contributed by atoms with E-state index in [1.54, 1.807) is 0 Å². The largest absolute Gasteiger partial charge is 0.362 e. The summed E-state index contributed by atoms with van der Waals surface area (Å²) >= 11 is 5.45. The van der Waals surface area contributed by atoms with Crippen LogP contribution in [0.3, 0.4) is 0 Å². The first kappa shape index (κ1) is 15.3. The first-order valence-electron chi connectivity index (χ1n) is 8.33. The number of rotatable bonds is 4. The highest BCUT2D eigenvalue weighted by Crippen LogP contribution is 2.23. The molecule has 0 spiro atoms. The molecule has 118 valence electrons. The molecule has 1 saturated carbocycles. The van der Waals surface area contributed by atoms with Gasteiger partial charge in [-0.2, -0.15) is 0 Å². The fraction of sp³-hybridized carbons (Fsp3) is 0.500. The molecule has 1 aromatic heterocycles. The van der Waals surface area contributed by atoms with E-state index in [0.29, 0.717) is 6.04 Å². The van der Waals surface area contributed by atoms with Gasteiger partial charge in [0.1, 0.15) is 0 Å². The van der Waals surface area contributed by atoms with Crippen LogP contribution in [0.15, 0.2) is 30.5 Å². The van der Waals surface area contributed by atoms with Crippen LogP contribution in [-0.2, 0) is 6.42 Å². The maximum Gasteiger partial charge on any atom is 0.166 e. The minimum Gasteiger partial charge on any atom is -0.362 e. The number of benzene rings is 1. The second kappa shape index (κ2) is 7.14. The van der Waals surface area contributed by atoms with Gasteiger partial charge >= 0.3 is 0 Å². The zero-order chi connectivity index (χ0) is 15.4. The van der Waals surface area contributed by atoms with Crippen molar-refractivity contribution in [1.82, 2.24) is 15.6 Å². The molecule has 2 aromatic rings. The van der Waals surface area contributed by atoms with E-state index in [1.165, 1.54) is 42.1 Å². The third-order valence-corrected chi connectivity index (χ3v) is 5.04. The molecular weight excluding hydrogens is 290 g/mol. The van der Waals surface area contributed by atoms with E-state index in [9.17, 15) is 0 Å². The maximum atomic E-state index is 5.45.